The van der Waals surface area contributed by atoms with E-state index in [4.69, 9.17) is 15.2 Å². The summed E-state index contributed by atoms with van der Waals surface area (Å²) in [6.45, 7) is 5.79. The maximum atomic E-state index is 11.7. The maximum Gasteiger partial charge on any atom is 0.267 e. The highest BCUT2D eigenvalue weighted by Gasteiger charge is 2.29. The van der Waals surface area contributed by atoms with Crippen LogP contribution in [-0.4, -0.2) is 37.0 Å². The summed E-state index contributed by atoms with van der Waals surface area (Å²) in [5.74, 6) is 0.580. The molecule has 21 heavy (non-hydrogen) atoms. The zero-order valence-corrected chi connectivity index (χ0v) is 12.4. The van der Waals surface area contributed by atoms with Crippen LogP contribution >= 0.6 is 0 Å². The van der Waals surface area contributed by atoms with Gasteiger partial charge in [0.15, 0.2) is 0 Å². The smallest absolute Gasteiger partial charge is 0.267 e. The third-order valence-electron chi connectivity index (χ3n) is 3.20. The molecule has 1 unspecified atom stereocenters. The van der Waals surface area contributed by atoms with Gasteiger partial charge in [0.2, 0.25) is 0 Å². The van der Waals surface area contributed by atoms with Crippen LogP contribution in [0.5, 0.6) is 5.75 Å². The standard InChI is InChI=1S/C15H22N2O4/c1-10(2)9-20-5-6-21-12-4-3-11-7-13(16)15(18)17(19)14(11)8-12/h3-4,8,10,13,19H,5-7,9,16H2,1-2H3. The molecule has 0 fully saturated rings. The molecule has 1 aliphatic heterocycles. The van der Waals surface area contributed by atoms with E-state index in [0.717, 1.165) is 5.56 Å². The number of nitrogens with zero attached hydrogens (tertiary/aromatic N) is 1. The lowest BCUT2D eigenvalue weighted by molar-refractivity contribution is -0.125. The molecule has 0 spiro atoms. The third-order valence-corrected chi connectivity index (χ3v) is 3.20. The van der Waals surface area contributed by atoms with Gasteiger partial charge in [-0.25, -0.2) is 0 Å². The molecule has 0 bridgehead atoms. The second-order valence-electron chi connectivity index (χ2n) is 5.57. The van der Waals surface area contributed by atoms with Crippen LogP contribution in [-0.2, 0) is 16.0 Å². The molecule has 1 aliphatic rings. The highest BCUT2D eigenvalue weighted by molar-refractivity contribution is 5.98. The number of amides is 1. The van der Waals surface area contributed by atoms with E-state index >= 15 is 0 Å². The van der Waals surface area contributed by atoms with Crippen molar-refractivity contribution >= 4 is 11.6 Å². The SMILES string of the molecule is CC(C)COCCOc1ccc2c(c1)N(O)C(=O)C(N)C2. The average Bonchev–Trinajstić information content (AvgIpc) is 2.45. The molecule has 6 heteroatoms. The third kappa shape index (κ3) is 3.93. The molecule has 0 saturated carbocycles. The predicted octanol–water partition coefficient (Wildman–Crippen LogP) is 1.34. The lowest BCUT2D eigenvalue weighted by atomic mass is 9.99. The van der Waals surface area contributed by atoms with Gasteiger partial charge in [0, 0.05) is 12.7 Å². The minimum Gasteiger partial charge on any atom is -0.491 e. The van der Waals surface area contributed by atoms with Gasteiger partial charge in [0.25, 0.3) is 5.91 Å². The molecule has 1 heterocycles. The van der Waals surface area contributed by atoms with Gasteiger partial charge in [0.1, 0.15) is 12.4 Å². The molecule has 0 aromatic heterocycles. The van der Waals surface area contributed by atoms with Crippen LogP contribution in [0.25, 0.3) is 0 Å². The van der Waals surface area contributed by atoms with Crippen molar-refractivity contribution in [2.24, 2.45) is 11.7 Å². The van der Waals surface area contributed by atoms with Crippen molar-refractivity contribution < 1.29 is 19.5 Å². The number of hydrogen-bond donors (Lipinski definition) is 2. The summed E-state index contributed by atoms with van der Waals surface area (Å²) in [5, 5.41) is 10.4. The fraction of sp³-hybridized carbons (Fsp3) is 0.533. The van der Waals surface area contributed by atoms with E-state index in [9.17, 15) is 10.0 Å². The summed E-state index contributed by atoms with van der Waals surface area (Å²) in [4.78, 5) is 11.7. The summed E-state index contributed by atoms with van der Waals surface area (Å²) in [6.07, 6.45) is 0.420. The lowest BCUT2D eigenvalue weighted by Gasteiger charge is -2.27. The second kappa shape index (κ2) is 6.89. The molecule has 0 radical (unpaired) electrons. The first-order valence-electron chi connectivity index (χ1n) is 7.11. The van der Waals surface area contributed by atoms with E-state index < -0.39 is 11.9 Å². The molecule has 6 nitrogen and oxygen atoms in total. The summed E-state index contributed by atoms with van der Waals surface area (Å²) in [6, 6.07) is 4.56. The van der Waals surface area contributed by atoms with Gasteiger partial charge in [-0.15, -0.1) is 0 Å². The minimum absolute atomic E-state index is 0.420. The number of nitrogens with two attached hydrogens (primary N) is 1. The Morgan fingerprint density at radius 2 is 2.19 bits per heavy atom. The zero-order chi connectivity index (χ0) is 15.4. The van der Waals surface area contributed by atoms with Crippen molar-refractivity contribution in [3.63, 3.8) is 0 Å². The van der Waals surface area contributed by atoms with Crippen molar-refractivity contribution in [3.05, 3.63) is 23.8 Å². The van der Waals surface area contributed by atoms with Gasteiger partial charge in [-0.3, -0.25) is 10.0 Å². The molecule has 2 rings (SSSR count). The van der Waals surface area contributed by atoms with Crippen molar-refractivity contribution in [1.29, 1.82) is 0 Å². The first-order valence-corrected chi connectivity index (χ1v) is 7.11. The molecular weight excluding hydrogens is 272 g/mol. The first-order chi connectivity index (χ1) is 9.99. The number of fused-ring (bicyclic) bond motifs is 1. The second-order valence-corrected chi connectivity index (χ2v) is 5.57. The molecular formula is C15H22N2O4. The Morgan fingerprint density at radius 3 is 2.90 bits per heavy atom. The number of rotatable bonds is 6. The predicted molar refractivity (Wildman–Crippen MR) is 78.5 cm³/mol. The number of carbonyl (C=O) groups excluding carboxylic acids is 1. The van der Waals surface area contributed by atoms with Gasteiger partial charge >= 0.3 is 0 Å². The van der Waals surface area contributed by atoms with E-state index in [0.29, 0.717) is 48.7 Å². The van der Waals surface area contributed by atoms with E-state index in [1.807, 2.05) is 6.07 Å². The average molecular weight is 294 g/mol. The molecule has 1 aromatic carbocycles. The molecule has 1 amide bonds. The maximum absolute atomic E-state index is 11.7. The molecule has 0 aliphatic carbocycles. The van der Waals surface area contributed by atoms with Crippen LogP contribution in [0.3, 0.4) is 0 Å². The number of hydroxylamine groups is 1. The van der Waals surface area contributed by atoms with Crippen LogP contribution in [0.4, 0.5) is 5.69 Å². The quantitative estimate of drug-likeness (QED) is 0.611. The number of carbonyl (C=O) groups is 1. The Morgan fingerprint density at radius 1 is 1.43 bits per heavy atom. The van der Waals surface area contributed by atoms with E-state index in [-0.39, 0.29) is 0 Å². The van der Waals surface area contributed by atoms with E-state index in [1.54, 1.807) is 12.1 Å². The highest BCUT2D eigenvalue weighted by atomic mass is 16.5. The number of benzene rings is 1. The van der Waals surface area contributed by atoms with Gasteiger partial charge in [-0.1, -0.05) is 19.9 Å². The van der Waals surface area contributed by atoms with Crippen LogP contribution < -0.4 is 15.5 Å². The number of anilines is 1. The largest absolute Gasteiger partial charge is 0.491 e. The van der Waals surface area contributed by atoms with Gasteiger partial charge in [-0.2, -0.15) is 5.06 Å². The summed E-state index contributed by atoms with van der Waals surface area (Å²) >= 11 is 0. The van der Waals surface area contributed by atoms with Crippen molar-refractivity contribution in [2.45, 2.75) is 26.3 Å². The zero-order valence-electron chi connectivity index (χ0n) is 12.4. The fourth-order valence-electron chi connectivity index (χ4n) is 2.14. The minimum atomic E-state index is -0.696. The lowest BCUT2D eigenvalue weighted by Crippen LogP contribution is -2.47. The Kier molecular flexibility index (Phi) is 5.17. The van der Waals surface area contributed by atoms with Crippen LogP contribution in [0.15, 0.2) is 18.2 Å². The normalized spacial score (nSPS) is 18.0. The van der Waals surface area contributed by atoms with Crippen molar-refractivity contribution in [3.8, 4) is 5.75 Å². The van der Waals surface area contributed by atoms with Crippen LogP contribution in [0.2, 0.25) is 0 Å². The van der Waals surface area contributed by atoms with Crippen LogP contribution in [0, 0.1) is 5.92 Å². The fourth-order valence-corrected chi connectivity index (χ4v) is 2.14. The van der Waals surface area contributed by atoms with E-state index in [2.05, 4.69) is 13.8 Å². The van der Waals surface area contributed by atoms with Gasteiger partial charge in [0.05, 0.1) is 18.3 Å². The first kappa shape index (κ1) is 15.8. The Balaban J connectivity index is 1.93. The summed E-state index contributed by atoms with van der Waals surface area (Å²) in [7, 11) is 0. The van der Waals surface area contributed by atoms with E-state index in [1.165, 1.54) is 0 Å². The molecule has 116 valence electrons. The molecule has 0 saturated heterocycles. The number of ether oxygens (including phenoxy) is 2. The Bertz CT molecular complexity index is 504. The Labute approximate surface area is 124 Å². The summed E-state index contributed by atoms with van der Waals surface area (Å²) in [5.41, 5.74) is 6.92. The van der Waals surface area contributed by atoms with Crippen molar-refractivity contribution in [1.82, 2.24) is 0 Å². The number of hydrogen-bond acceptors (Lipinski definition) is 5. The van der Waals surface area contributed by atoms with Crippen LogP contribution in [0.1, 0.15) is 19.4 Å². The highest BCUT2D eigenvalue weighted by Crippen LogP contribution is 2.30. The topological polar surface area (TPSA) is 85.0 Å². The summed E-state index contributed by atoms with van der Waals surface area (Å²) < 4.78 is 11.0. The van der Waals surface area contributed by atoms with Gasteiger partial charge in [-0.05, 0) is 24.0 Å². The molecule has 1 aromatic rings. The molecule has 3 N–H and O–H groups in total. The Hall–Kier alpha value is -1.63. The van der Waals surface area contributed by atoms with Gasteiger partial charge < -0.3 is 15.2 Å². The van der Waals surface area contributed by atoms with Crippen molar-refractivity contribution in [2.75, 3.05) is 24.9 Å². The molecule has 1 atom stereocenters. The monoisotopic (exact) mass is 294 g/mol.